The van der Waals surface area contributed by atoms with Crippen molar-refractivity contribution >= 4 is 35.8 Å². The van der Waals surface area contributed by atoms with Gasteiger partial charge in [-0.15, -0.1) is 0 Å². The van der Waals surface area contributed by atoms with Gasteiger partial charge < -0.3 is 14.2 Å². The standard InChI is InChI=1S/C37H34O9/c1-2-24(21-12-6-3-7-13-21)31-29(35(41)45-36(31)42)19-26(23-16-10-5-11-17-23)32-28(34(40)46-37(32)43)18-25(22-14-8-4-9-15-22)27-20-30(38)44-33(27)39/h3-17,24-29,31-32H,2,18-20H2,1H3. The van der Waals surface area contributed by atoms with E-state index in [1.54, 1.807) is 24.3 Å². The maximum atomic E-state index is 13.6. The highest BCUT2D eigenvalue weighted by Gasteiger charge is 2.55. The highest BCUT2D eigenvalue weighted by atomic mass is 16.6. The number of benzene rings is 3. The van der Waals surface area contributed by atoms with E-state index in [0.717, 1.165) is 11.1 Å². The molecule has 3 saturated heterocycles. The Morgan fingerprint density at radius 1 is 0.522 bits per heavy atom. The van der Waals surface area contributed by atoms with Gasteiger partial charge in [-0.05, 0) is 53.7 Å². The number of carbonyl (C=O) groups excluding carboxylic acids is 6. The Bertz CT molecular complexity index is 1640. The quantitative estimate of drug-likeness (QED) is 0.160. The number of hydrogen-bond donors (Lipinski definition) is 0. The van der Waals surface area contributed by atoms with Crippen LogP contribution in [0.4, 0.5) is 0 Å². The van der Waals surface area contributed by atoms with Gasteiger partial charge in [-0.25, -0.2) is 0 Å². The Hall–Kier alpha value is -4.92. The van der Waals surface area contributed by atoms with Crippen LogP contribution in [0.2, 0.25) is 0 Å². The molecule has 0 radical (unpaired) electrons. The molecular formula is C37H34O9. The second-order valence-corrected chi connectivity index (χ2v) is 12.3. The average molecular weight is 623 g/mol. The van der Waals surface area contributed by atoms with Crippen LogP contribution >= 0.6 is 0 Å². The summed E-state index contributed by atoms with van der Waals surface area (Å²) in [6.45, 7) is 1.95. The molecule has 3 aliphatic heterocycles. The number of esters is 6. The number of cyclic esters (lactones) is 6. The van der Waals surface area contributed by atoms with Crippen molar-refractivity contribution in [1.82, 2.24) is 0 Å². The predicted molar refractivity (Wildman–Crippen MR) is 162 cm³/mol. The summed E-state index contributed by atoms with van der Waals surface area (Å²) in [5.41, 5.74) is 2.33. The third-order valence-electron chi connectivity index (χ3n) is 9.81. The lowest BCUT2D eigenvalue weighted by Gasteiger charge is -2.31. The zero-order chi connectivity index (χ0) is 32.4. The summed E-state index contributed by atoms with van der Waals surface area (Å²) < 4.78 is 15.4. The normalized spacial score (nSPS) is 26.4. The van der Waals surface area contributed by atoms with Gasteiger partial charge in [-0.3, -0.25) is 28.8 Å². The van der Waals surface area contributed by atoms with E-state index >= 15 is 0 Å². The van der Waals surface area contributed by atoms with E-state index in [1.165, 1.54) is 0 Å². The van der Waals surface area contributed by atoms with Crippen LogP contribution < -0.4 is 0 Å². The maximum Gasteiger partial charge on any atom is 0.318 e. The van der Waals surface area contributed by atoms with Gasteiger partial charge in [0, 0.05) is 0 Å². The molecule has 8 atom stereocenters. The minimum Gasteiger partial charge on any atom is -0.393 e. The fourth-order valence-corrected chi connectivity index (χ4v) is 7.65. The summed E-state index contributed by atoms with van der Waals surface area (Å²) >= 11 is 0. The van der Waals surface area contributed by atoms with Crippen LogP contribution in [0.25, 0.3) is 0 Å². The van der Waals surface area contributed by atoms with Crippen molar-refractivity contribution in [2.24, 2.45) is 29.6 Å². The molecule has 8 unspecified atom stereocenters. The third kappa shape index (κ3) is 6.01. The molecule has 0 spiro atoms. The van der Waals surface area contributed by atoms with E-state index in [0.29, 0.717) is 12.0 Å². The smallest absolute Gasteiger partial charge is 0.318 e. The lowest BCUT2D eigenvalue weighted by atomic mass is 9.67. The molecule has 0 aromatic heterocycles. The monoisotopic (exact) mass is 622 g/mol. The molecule has 3 fully saturated rings. The number of ether oxygens (including phenoxy) is 3. The van der Waals surface area contributed by atoms with Crippen molar-refractivity contribution in [2.75, 3.05) is 0 Å². The molecule has 3 aromatic rings. The Kier molecular flexibility index (Phi) is 8.92. The second-order valence-electron chi connectivity index (χ2n) is 12.3. The van der Waals surface area contributed by atoms with Crippen LogP contribution in [-0.2, 0) is 43.0 Å². The zero-order valence-corrected chi connectivity index (χ0v) is 25.3. The van der Waals surface area contributed by atoms with E-state index < -0.39 is 77.2 Å². The van der Waals surface area contributed by atoms with Crippen LogP contribution in [0.1, 0.15) is 67.1 Å². The third-order valence-corrected chi connectivity index (χ3v) is 9.81. The summed E-state index contributed by atoms with van der Waals surface area (Å²) in [7, 11) is 0. The summed E-state index contributed by atoms with van der Waals surface area (Å²) in [6, 6.07) is 27.6. The SMILES string of the molecule is CCC(c1ccccc1)C1C(=O)OC(=O)C1CC(c1ccccc1)C1C(=O)OC(=O)C1CC(c1ccccc1)C1CC(=O)OC1=O. The molecule has 0 aliphatic carbocycles. The van der Waals surface area contributed by atoms with Gasteiger partial charge in [0.15, 0.2) is 0 Å². The van der Waals surface area contributed by atoms with Gasteiger partial charge in [0.1, 0.15) is 0 Å². The van der Waals surface area contributed by atoms with Crippen LogP contribution in [0.15, 0.2) is 91.0 Å². The molecule has 6 rings (SSSR count). The minimum atomic E-state index is -1.02. The summed E-state index contributed by atoms with van der Waals surface area (Å²) in [4.78, 5) is 78.5. The zero-order valence-electron chi connectivity index (χ0n) is 25.3. The van der Waals surface area contributed by atoms with E-state index in [4.69, 9.17) is 14.2 Å². The van der Waals surface area contributed by atoms with Gasteiger partial charge in [-0.1, -0.05) is 97.9 Å². The summed E-state index contributed by atoms with van der Waals surface area (Å²) in [5, 5.41) is 0. The fourth-order valence-electron chi connectivity index (χ4n) is 7.65. The molecule has 9 nitrogen and oxygen atoms in total. The molecule has 0 saturated carbocycles. The first-order valence-corrected chi connectivity index (χ1v) is 15.7. The van der Waals surface area contributed by atoms with Crippen molar-refractivity contribution in [1.29, 1.82) is 0 Å². The van der Waals surface area contributed by atoms with Crippen molar-refractivity contribution in [2.45, 2.75) is 50.4 Å². The molecule has 0 bridgehead atoms. The molecule has 9 heteroatoms. The Labute approximate surface area is 266 Å². The summed E-state index contributed by atoms with van der Waals surface area (Å²) in [5.74, 6) is -10.2. The van der Waals surface area contributed by atoms with Crippen molar-refractivity contribution < 1.29 is 43.0 Å². The molecule has 0 N–H and O–H groups in total. The van der Waals surface area contributed by atoms with Crippen molar-refractivity contribution in [3.8, 4) is 0 Å². The van der Waals surface area contributed by atoms with E-state index in [1.807, 2.05) is 73.7 Å². The van der Waals surface area contributed by atoms with E-state index in [2.05, 4.69) is 0 Å². The van der Waals surface area contributed by atoms with Gasteiger partial charge >= 0.3 is 35.8 Å². The first-order chi connectivity index (χ1) is 22.3. The Morgan fingerprint density at radius 3 is 1.37 bits per heavy atom. The molecule has 0 amide bonds. The molecular weight excluding hydrogens is 588 g/mol. The molecule has 3 aliphatic rings. The Balaban J connectivity index is 1.38. The van der Waals surface area contributed by atoms with Gasteiger partial charge in [-0.2, -0.15) is 0 Å². The fraction of sp³-hybridized carbons (Fsp3) is 0.351. The van der Waals surface area contributed by atoms with E-state index in [9.17, 15) is 28.8 Å². The first-order valence-electron chi connectivity index (χ1n) is 15.7. The number of carbonyl (C=O) groups is 6. The molecule has 3 heterocycles. The average Bonchev–Trinajstić information content (AvgIpc) is 3.65. The Morgan fingerprint density at radius 2 is 0.935 bits per heavy atom. The predicted octanol–water partition coefficient (Wildman–Crippen LogP) is 5.25. The summed E-state index contributed by atoms with van der Waals surface area (Å²) in [6.07, 6.45) is 0.530. The van der Waals surface area contributed by atoms with Crippen LogP contribution in [0, 0.1) is 29.6 Å². The lowest BCUT2D eigenvalue weighted by Crippen LogP contribution is -2.33. The highest BCUT2D eigenvalue weighted by Crippen LogP contribution is 2.49. The minimum absolute atomic E-state index is 0.0364. The topological polar surface area (TPSA) is 130 Å². The second kappa shape index (κ2) is 13.2. The van der Waals surface area contributed by atoms with Crippen molar-refractivity contribution in [3.05, 3.63) is 108 Å². The molecule has 236 valence electrons. The van der Waals surface area contributed by atoms with Gasteiger partial charge in [0.25, 0.3) is 0 Å². The molecule has 3 aromatic carbocycles. The van der Waals surface area contributed by atoms with Gasteiger partial charge in [0.05, 0.1) is 36.0 Å². The first kappa shape index (κ1) is 31.1. The number of rotatable bonds is 11. The highest BCUT2D eigenvalue weighted by molar-refractivity contribution is 5.99. The van der Waals surface area contributed by atoms with Crippen molar-refractivity contribution in [3.63, 3.8) is 0 Å². The van der Waals surface area contributed by atoms with Crippen LogP contribution in [-0.4, -0.2) is 35.8 Å². The molecule has 46 heavy (non-hydrogen) atoms. The maximum absolute atomic E-state index is 13.6. The number of hydrogen-bond acceptors (Lipinski definition) is 9. The van der Waals surface area contributed by atoms with Gasteiger partial charge in [0.2, 0.25) is 0 Å². The van der Waals surface area contributed by atoms with Crippen LogP contribution in [0.3, 0.4) is 0 Å². The van der Waals surface area contributed by atoms with E-state index in [-0.39, 0.29) is 25.2 Å². The van der Waals surface area contributed by atoms with Crippen LogP contribution in [0.5, 0.6) is 0 Å². The largest absolute Gasteiger partial charge is 0.393 e. The lowest BCUT2D eigenvalue weighted by molar-refractivity contribution is -0.156.